The second-order valence-corrected chi connectivity index (χ2v) is 11.9. The molecule has 1 saturated heterocycles. The zero-order valence-electron chi connectivity index (χ0n) is 20.2. The van der Waals surface area contributed by atoms with E-state index in [1.54, 1.807) is 32.6 Å². The number of nitrogens with one attached hydrogen (secondary N) is 1. The summed E-state index contributed by atoms with van der Waals surface area (Å²) in [5.74, 6) is -3.23. The number of likely N-dealkylation sites (tertiary alicyclic amines) is 1. The highest BCUT2D eigenvalue weighted by Gasteiger charge is 2.53. The van der Waals surface area contributed by atoms with Gasteiger partial charge in [-0.15, -0.1) is 11.6 Å². The average Bonchev–Trinajstić information content (AvgIpc) is 3.26. The lowest BCUT2D eigenvalue weighted by Gasteiger charge is -2.43. The predicted octanol–water partition coefficient (Wildman–Crippen LogP) is 2.76. The van der Waals surface area contributed by atoms with Gasteiger partial charge in [-0.3, -0.25) is 9.69 Å². The topological polar surface area (TPSA) is 111 Å². The lowest BCUT2D eigenvalue weighted by molar-refractivity contribution is -0.230. The van der Waals surface area contributed by atoms with Gasteiger partial charge < -0.3 is 14.2 Å². The number of nitrogens with zero attached hydrogens (tertiary/aromatic N) is 1. The molecule has 1 heterocycles. The fourth-order valence-electron chi connectivity index (χ4n) is 4.19. The molecule has 2 rings (SSSR count). The molecule has 0 aromatic heterocycles. The Labute approximate surface area is 202 Å². The molecule has 2 aliphatic rings. The second-order valence-electron chi connectivity index (χ2n) is 9.65. The van der Waals surface area contributed by atoms with Crippen LogP contribution in [0.5, 0.6) is 0 Å². The molecule has 192 valence electrons. The third kappa shape index (κ3) is 8.35. The summed E-state index contributed by atoms with van der Waals surface area (Å²) in [6, 6.07) is 0. The molecule has 33 heavy (non-hydrogen) atoms. The first-order chi connectivity index (χ1) is 15.4. The molecule has 2 fully saturated rings. The fourth-order valence-corrected chi connectivity index (χ4v) is 5.79. The molecular formula is C22H39ClN2O7S. The molecule has 0 aromatic rings. The Balaban J connectivity index is 2.31. The van der Waals surface area contributed by atoms with Gasteiger partial charge in [0.15, 0.2) is 0 Å². The normalized spacial score (nSPS) is 24.3. The van der Waals surface area contributed by atoms with Crippen molar-refractivity contribution in [2.45, 2.75) is 90.2 Å². The van der Waals surface area contributed by atoms with Crippen molar-refractivity contribution < 1.29 is 32.2 Å². The van der Waals surface area contributed by atoms with Crippen LogP contribution >= 0.6 is 11.6 Å². The van der Waals surface area contributed by atoms with Crippen molar-refractivity contribution in [3.05, 3.63) is 0 Å². The number of sulfonamides is 1. The van der Waals surface area contributed by atoms with Gasteiger partial charge in [0.1, 0.15) is 5.60 Å². The van der Waals surface area contributed by atoms with Crippen LogP contribution in [0, 0.1) is 5.92 Å². The molecule has 1 N–H and O–H groups in total. The predicted molar refractivity (Wildman–Crippen MR) is 125 cm³/mol. The van der Waals surface area contributed by atoms with E-state index in [1.165, 1.54) is 0 Å². The van der Waals surface area contributed by atoms with Gasteiger partial charge in [0.2, 0.25) is 10.0 Å². The highest BCUT2D eigenvalue weighted by atomic mass is 35.5. The van der Waals surface area contributed by atoms with Crippen molar-refractivity contribution in [1.82, 2.24) is 9.62 Å². The molecule has 0 bridgehead atoms. The number of ether oxygens (including phenoxy) is 3. The molecule has 1 atom stereocenters. The summed E-state index contributed by atoms with van der Waals surface area (Å²) in [7, 11) is -3.90. The van der Waals surface area contributed by atoms with Crippen LogP contribution in [-0.4, -0.2) is 74.1 Å². The lowest BCUT2D eigenvalue weighted by Crippen LogP contribution is -2.69. The van der Waals surface area contributed by atoms with E-state index in [1.807, 2.05) is 0 Å². The first kappa shape index (κ1) is 28.3. The van der Waals surface area contributed by atoms with E-state index >= 15 is 0 Å². The minimum atomic E-state index is -3.90. The maximum absolute atomic E-state index is 13.5. The highest BCUT2D eigenvalue weighted by Crippen LogP contribution is 2.33. The Hall–Kier alpha value is -0.940. The van der Waals surface area contributed by atoms with Gasteiger partial charge in [0.05, 0.1) is 24.4 Å². The number of carbonyl (C=O) groups is 2. The van der Waals surface area contributed by atoms with Gasteiger partial charge in [-0.2, -0.15) is 4.72 Å². The molecule has 0 radical (unpaired) electrons. The van der Waals surface area contributed by atoms with Crippen molar-refractivity contribution in [1.29, 1.82) is 0 Å². The van der Waals surface area contributed by atoms with Crippen molar-refractivity contribution in [3.8, 4) is 0 Å². The van der Waals surface area contributed by atoms with Crippen molar-refractivity contribution in [2.24, 2.45) is 5.92 Å². The molecule has 1 aliphatic carbocycles. The van der Waals surface area contributed by atoms with E-state index < -0.39 is 33.5 Å². The lowest BCUT2D eigenvalue weighted by atomic mass is 9.87. The van der Waals surface area contributed by atoms with Crippen LogP contribution in [0.2, 0.25) is 0 Å². The van der Waals surface area contributed by atoms with Crippen LogP contribution in [0.15, 0.2) is 0 Å². The number of rotatable bonds is 11. The van der Waals surface area contributed by atoms with Crippen molar-refractivity contribution >= 4 is 33.6 Å². The van der Waals surface area contributed by atoms with Crippen molar-refractivity contribution in [3.63, 3.8) is 0 Å². The Morgan fingerprint density at radius 1 is 1.09 bits per heavy atom. The largest absolute Gasteiger partial charge is 0.466 e. The molecule has 1 aliphatic heterocycles. The first-order valence-electron chi connectivity index (χ1n) is 11.8. The first-order valence-corrected chi connectivity index (χ1v) is 14.0. The number of carbonyl (C=O) groups excluding carboxylic acids is 2. The average molecular weight is 511 g/mol. The van der Waals surface area contributed by atoms with Gasteiger partial charge in [-0.05, 0) is 72.6 Å². The third-order valence-corrected chi connectivity index (χ3v) is 7.38. The van der Waals surface area contributed by atoms with Crippen LogP contribution < -0.4 is 4.72 Å². The molecule has 11 heteroatoms. The molecule has 0 spiro atoms. The van der Waals surface area contributed by atoms with Crippen LogP contribution in [0.4, 0.5) is 0 Å². The zero-order valence-corrected chi connectivity index (χ0v) is 21.8. The summed E-state index contributed by atoms with van der Waals surface area (Å²) in [5, 5.41) is 0. The molecule has 9 nitrogen and oxygen atoms in total. The van der Waals surface area contributed by atoms with Gasteiger partial charge >= 0.3 is 11.9 Å². The summed E-state index contributed by atoms with van der Waals surface area (Å²) in [6.07, 6.45) is 3.56. The quantitative estimate of drug-likeness (QED) is 0.256. The zero-order chi connectivity index (χ0) is 24.7. The summed E-state index contributed by atoms with van der Waals surface area (Å²) >= 11 is 5.71. The molecule has 0 aromatic carbocycles. The van der Waals surface area contributed by atoms with E-state index in [0.717, 1.165) is 12.8 Å². The van der Waals surface area contributed by atoms with Gasteiger partial charge in [0.25, 0.3) is 5.85 Å². The maximum Gasteiger partial charge on any atom is 0.372 e. The standard InChI is InChI=1S/C22H39ClN2O7S/c1-5-30-19(26)17-9-11-18(12-10-17)31-22(25-14-6-7-15-25,20(27)32-21(2,3)4)24-33(28,29)16-8-13-23/h17-18,24H,5-16H2,1-4H3. The summed E-state index contributed by atoms with van der Waals surface area (Å²) in [6.45, 7) is 8.28. The van der Waals surface area contributed by atoms with Crippen LogP contribution in [-0.2, 0) is 33.8 Å². The molecule has 1 saturated carbocycles. The van der Waals surface area contributed by atoms with Crippen LogP contribution in [0.1, 0.15) is 72.6 Å². The Kier molecular flexibility index (Phi) is 10.4. The minimum absolute atomic E-state index is 0.183. The van der Waals surface area contributed by atoms with E-state index in [-0.39, 0.29) is 29.9 Å². The number of hydrogen-bond acceptors (Lipinski definition) is 8. The SMILES string of the molecule is CCOC(=O)C1CCC(OC(NS(=O)(=O)CCCCl)(C(=O)OC(C)(C)C)N2CCCC2)CC1. The summed E-state index contributed by atoms with van der Waals surface area (Å²) in [5.41, 5.74) is -0.839. The third-order valence-electron chi connectivity index (χ3n) is 5.70. The Morgan fingerprint density at radius 3 is 2.21 bits per heavy atom. The van der Waals surface area contributed by atoms with E-state index in [0.29, 0.717) is 45.4 Å². The number of hydrogen-bond donors (Lipinski definition) is 1. The highest BCUT2D eigenvalue weighted by molar-refractivity contribution is 7.89. The molecular weight excluding hydrogens is 472 g/mol. The minimum Gasteiger partial charge on any atom is -0.466 e. The molecule has 0 amide bonds. The number of alkyl halides is 1. The van der Waals surface area contributed by atoms with Crippen LogP contribution in [0.25, 0.3) is 0 Å². The van der Waals surface area contributed by atoms with Crippen molar-refractivity contribution in [2.75, 3.05) is 31.3 Å². The smallest absolute Gasteiger partial charge is 0.372 e. The Morgan fingerprint density at radius 2 is 1.70 bits per heavy atom. The van der Waals surface area contributed by atoms with Gasteiger partial charge in [-0.25, -0.2) is 13.2 Å². The van der Waals surface area contributed by atoms with Crippen LogP contribution in [0.3, 0.4) is 0 Å². The molecule has 1 unspecified atom stereocenters. The second kappa shape index (κ2) is 12.2. The monoisotopic (exact) mass is 510 g/mol. The van der Waals surface area contributed by atoms with E-state index in [2.05, 4.69) is 4.72 Å². The van der Waals surface area contributed by atoms with E-state index in [9.17, 15) is 18.0 Å². The summed E-state index contributed by atoms with van der Waals surface area (Å²) in [4.78, 5) is 27.4. The summed E-state index contributed by atoms with van der Waals surface area (Å²) < 4.78 is 45.6. The fraction of sp³-hybridized carbons (Fsp3) is 0.909. The Bertz CT molecular complexity index is 757. The van der Waals surface area contributed by atoms with E-state index in [4.69, 9.17) is 25.8 Å². The number of esters is 2. The number of halogens is 1. The van der Waals surface area contributed by atoms with Gasteiger partial charge in [0, 0.05) is 19.0 Å². The van der Waals surface area contributed by atoms with Gasteiger partial charge in [-0.1, -0.05) is 0 Å². The maximum atomic E-state index is 13.5.